The van der Waals surface area contributed by atoms with Crippen molar-refractivity contribution in [2.45, 2.75) is 71.9 Å². The van der Waals surface area contributed by atoms with E-state index in [9.17, 15) is 4.79 Å². The van der Waals surface area contributed by atoms with E-state index in [0.29, 0.717) is 6.54 Å². The molecule has 0 atom stereocenters. The van der Waals surface area contributed by atoms with Crippen LogP contribution in [0, 0.1) is 0 Å². The van der Waals surface area contributed by atoms with E-state index >= 15 is 0 Å². The molecular weight excluding hydrogens is 392 g/mol. The minimum Gasteiger partial charge on any atom is -0.357 e. The lowest BCUT2D eigenvalue weighted by atomic mass is 10.2. The number of hydrogen-bond acceptors (Lipinski definition) is 5. The smallest absolute Gasteiger partial charge is 0.234 e. The molecule has 1 fully saturated rings. The Morgan fingerprint density at radius 1 is 1.10 bits per heavy atom. The molecule has 0 aliphatic carbocycles. The molecule has 31 heavy (non-hydrogen) atoms. The van der Waals surface area contributed by atoms with Crippen molar-refractivity contribution >= 4 is 11.9 Å². The second kappa shape index (κ2) is 12.0. The zero-order chi connectivity index (χ0) is 22.1. The number of aryl methyl sites for hydroxylation is 2. The molecule has 0 saturated carbocycles. The van der Waals surface area contributed by atoms with Crippen molar-refractivity contribution in [1.29, 1.82) is 0 Å². The summed E-state index contributed by atoms with van der Waals surface area (Å²) >= 11 is 0. The number of amides is 1. The van der Waals surface area contributed by atoms with Gasteiger partial charge in [-0.15, -0.1) is 10.2 Å². The summed E-state index contributed by atoms with van der Waals surface area (Å²) in [6, 6.07) is 0.189. The van der Waals surface area contributed by atoms with Gasteiger partial charge >= 0.3 is 0 Å². The van der Waals surface area contributed by atoms with Gasteiger partial charge in [0, 0.05) is 64.7 Å². The Kier molecular flexibility index (Phi) is 9.12. The van der Waals surface area contributed by atoms with Crippen molar-refractivity contribution < 1.29 is 4.79 Å². The number of rotatable bonds is 8. The molecule has 1 aromatic heterocycles. The van der Waals surface area contributed by atoms with Crippen molar-refractivity contribution in [3.63, 3.8) is 0 Å². The van der Waals surface area contributed by atoms with Gasteiger partial charge < -0.3 is 20.1 Å². The molecule has 1 amide bonds. The van der Waals surface area contributed by atoms with Crippen LogP contribution in [0.5, 0.6) is 0 Å². The molecule has 2 aliphatic rings. The molecule has 0 aromatic carbocycles. The summed E-state index contributed by atoms with van der Waals surface area (Å²) in [5.41, 5.74) is 0. The zero-order valence-electron chi connectivity index (χ0n) is 19.6. The minimum absolute atomic E-state index is 0.107. The topological polar surface area (TPSA) is 90.7 Å². The van der Waals surface area contributed by atoms with Crippen LogP contribution in [0.25, 0.3) is 0 Å². The molecule has 174 valence electrons. The predicted octanol–water partition coefficient (Wildman–Crippen LogP) is 1.04. The highest BCUT2D eigenvalue weighted by Crippen LogP contribution is 2.15. The molecule has 0 radical (unpaired) electrons. The van der Waals surface area contributed by atoms with E-state index in [2.05, 4.69) is 42.1 Å². The quantitative estimate of drug-likeness (QED) is 0.362. The Hall–Kier alpha value is -2.16. The summed E-state index contributed by atoms with van der Waals surface area (Å²) in [5, 5.41) is 15.2. The van der Waals surface area contributed by atoms with Gasteiger partial charge in [0.05, 0.1) is 6.54 Å². The third-order valence-corrected chi connectivity index (χ3v) is 5.83. The number of piperazine rings is 1. The number of carbonyl (C=O) groups is 1. The van der Waals surface area contributed by atoms with E-state index in [0.717, 1.165) is 82.7 Å². The molecule has 2 N–H and O–H groups in total. The summed E-state index contributed by atoms with van der Waals surface area (Å²) in [7, 11) is 0. The Balaban J connectivity index is 1.45. The number of nitrogens with zero attached hydrogens (tertiary/aromatic N) is 6. The molecule has 0 bridgehead atoms. The Morgan fingerprint density at radius 2 is 1.90 bits per heavy atom. The van der Waals surface area contributed by atoms with Crippen LogP contribution >= 0.6 is 0 Å². The average Bonchev–Trinajstić information content (AvgIpc) is 2.96. The normalized spacial score (nSPS) is 18.1. The third kappa shape index (κ3) is 7.19. The van der Waals surface area contributed by atoms with Gasteiger partial charge in [0.15, 0.2) is 5.96 Å². The molecule has 9 heteroatoms. The van der Waals surface area contributed by atoms with Gasteiger partial charge in [0.1, 0.15) is 11.6 Å². The standard InChI is InChI=1S/C22H40N8O/c1-4-23-22(29-15-13-28(14-16-29)17-21(31)25-18(2)3)24-11-8-10-20-27-26-19-9-6-5-7-12-30(19)20/h18H,4-17H2,1-3H3,(H,23,24)(H,25,31). The molecule has 3 heterocycles. The second-order valence-electron chi connectivity index (χ2n) is 8.82. The maximum atomic E-state index is 12.0. The maximum Gasteiger partial charge on any atom is 0.234 e. The highest BCUT2D eigenvalue weighted by atomic mass is 16.2. The highest BCUT2D eigenvalue weighted by Gasteiger charge is 2.21. The number of aromatic nitrogens is 3. The first-order valence-corrected chi connectivity index (χ1v) is 12.0. The summed E-state index contributed by atoms with van der Waals surface area (Å²) in [4.78, 5) is 21.4. The van der Waals surface area contributed by atoms with E-state index in [1.54, 1.807) is 0 Å². The lowest BCUT2D eigenvalue weighted by Crippen LogP contribution is -2.54. The fraction of sp³-hybridized carbons (Fsp3) is 0.818. The lowest BCUT2D eigenvalue weighted by molar-refractivity contribution is -0.123. The molecule has 2 aliphatic heterocycles. The summed E-state index contributed by atoms with van der Waals surface area (Å²) in [6.07, 6.45) is 6.70. The third-order valence-electron chi connectivity index (χ3n) is 5.83. The summed E-state index contributed by atoms with van der Waals surface area (Å²) in [5.74, 6) is 3.36. The van der Waals surface area contributed by atoms with Crippen LogP contribution in [-0.4, -0.2) is 88.3 Å². The predicted molar refractivity (Wildman–Crippen MR) is 123 cm³/mol. The average molecular weight is 433 g/mol. The van der Waals surface area contributed by atoms with Gasteiger partial charge in [-0.3, -0.25) is 14.7 Å². The largest absolute Gasteiger partial charge is 0.357 e. The highest BCUT2D eigenvalue weighted by molar-refractivity contribution is 5.80. The van der Waals surface area contributed by atoms with E-state index in [-0.39, 0.29) is 11.9 Å². The van der Waals surface area contributed by atoms with Crippen molar-refractivity contribution in [3.8, 4) is 0 Å². The van der Waals surface area contributed by atoms with Crippen molar-refractivity contribution in [1.82, 2.24) is 35.2 Å². The van der Waals surface area contributed by atoms with Crippen LogP contribution < -0.4 is 10.6 Å². The molecule has 1 saturated heterocycles. The number of guanidine groups is 1. The van der Waals surface area contributed by atoms with E-state index in [1.165, 1.54) is 19.3 Å². The van der Waals surface area contributed by atoms with Crippen LogP contribution in [0.3, 0.4) is 0 Å². The SMILES string of the molecule is CCNC(=NCCCc1nnc2n1CCCCC2)N1CCN(CC(=O)NC(C)C)CC1. The first kappa shape index (κ1) is 23.5. The first-order chi connectivity index (χ1) is 15.1. The number of hydrogen-bond donors (Lipinski definition) is 2. The summed E-state index contributed by atoms with van der Waals surface area (Å²) in [6.45, 7) is 12.8. The monoisotopic (exact) mass is 432 g/mol. The van der Waals surface area contributed by atoms with Crippen LogP contribution in [0.2, 0.25) is 0 Å². The minimum atomic E-state index is 0.107. The van der Waals surface area contributed by atoms with Gasteiger partial charge in [-0.2, -0.15) is 0 Å². The summed E-state index contributed by atoms with van der Waals surface area (Å²) < 4.78 is 2.33. The first-order valence-electron chi connectivity index (χ1n) is 12.0. The Morgan fingerprint density at radius 3 is 2.65 bits per heavy atom. The molecule has 3 rings (SSSR count). The van der Waals surface area contributed by atoms with Gasteiger partial charge in [0.25, 0.3) is 0 Å². The van der Waals surface area contributed by atoms with Crippen LogP contribution in [0.1, 0.15) is 58.1 Å². The van der Waals surface area contributed by atoms with Gasteiger partial charge in [-0.1, -0.05) is 6.42 Å². The van der Waals surface area contributed by atoms with Crippen molar-refractivity contribution in [2.24, 2.45) is 4.99 Å². The number of carbonyl (C=O) groups excluding carboxylic acids is 1. The Labute approximate surface area is 186 Å². The number of fused-ring (bicyclic) bond motifs is 1. The van der Waals surface area contributed by atoms with E-state index in [4.69, 9.17) is 4.99 Å². The molecule has 0 spiro atoms. The van der Waals surface area contributed by atoms with Gasteiger partial charge in [0.2, 0.25) is 5.91 Å². The fourth-order valence-corrected chi connectivity index (χ4v) is 4.27. The number of nitrogens with one attached hydrogen (secondary N) is 2. The molecule has 0 unspecified atom stereocenters. The fourth-order valence-electron chi connectivity index (χ4n) is 4.27. The molecule has 9 nitrogen and oxygen atoms in total. The van der Waals surface area contributed by atoms with Crippen molar-refractivity contribution in [3.05, 3.63) is 11.6 Å². The van der Waals surface area contributed by atoms with Gasteiger partial charge in [-0.05, 0) is 40.0 Å². The maximum absolute atomic E-state index is 12.0. The zero-order valence-corrected chi connectivity index (χ0v) is 19.6. The Bertz CT molecular complexity index is 721. The van der Waals surface area contributed by atoms with Crippen molar-refractivity contribution in [2.75, 3.05) is 45.8 Å². The van der Waals surface area contributed by atoms with E-state index in [1.807, 2.05) is 13.8 Å². The van der Waals surface area contributed by atoms with E-state index < -0.39 is 0 Å². The second-order valence-corrected chi connectivity index (χ2v) is 8.82. The van der Waals surface area contributed by atoms with Crippen LogP contribution in [-0.2, 0) is 24.2 Å². The van der Waals surface area contributed by atoms with Crippen LogP contribution in [0.15, 0.2) is 4.99 Å². The number of aliphatic imine (C=N–C) groups is 1. The van der Waals surface area contributed by atoms with Crippen LogP contribution in [0.4, 0.5) is 0 Å². The lowest BCUT2D eigenvalue weighted by Gasteiger charge is -2.36. The van der Waals surface area contributed by atoms with Gasteiger partial charge in [-0.25, -0.2) is 0 Å². The molecule has 1 aromatic rings. The molecular formula is C22H40N8O.